The number of rotatable bonds is 4. The SMILES string of the molecule is CN1CCCC(C(CF)CC(=O)O)C1. The first-order valence-corrected chi connectivity index (χ1v) is 5.09. The van der Waals surface area contributed by atoms with Crippen LogP contribution in [0.25, 0.3) is 0 Å². The van der Waals surface area contributed by atoms with Crippen molar-refractivity contribution >= 4 is 5.97 Å². The van der Waals surface area contributed by atoms with Gasteiger partial charge < -0.3 is 10.0 Å². The highest BCUT2D eigenvalue weighted by Crippen LogP contribution is 2.26. The van der Waals surface area contributed by atoms with E-state index in [-0.39, 0.29) is 18.3 Å². The van der Waals surface area contributed by atoms with E-state index in [1.54, 1.807) is 0 Å². The van der Waals surface area contributed by atoms with Crippen molar-refractivity contribution in [2.45, 2.75) is 19.3 Å². The largest absolute Gasteiger partial charge is 0.481 e. The van der Waals surface area contributed by atoms with E-state index in [0.29, 0.717) is 0 Å². The summed E-state index contributed by atoms with van der Waals surface area (Å²) in [6, 6.07) is 0. The second kappa shape index (κ2) is 5.29. The van der Waals surface area contributed by atoms with E-state index in [0.717, 1.165) is 25.9 Å². The molecule has 0 saturated carbocycles. The number of nitrogens with zero attached hydrogens (tertiary/aromatic N) is 1. The smallest absolute Gasteiger partial charge is 0.303 e. The third kappa shape index (κ3) is 3.25. The molecule has 0 aromatic rings. The van der Waals surface area contributed by atoms with Crippen molar-refractivity contribution in [1.82, 2.24) is 4.90 Å². The van der Waals surface area contributed by atoms with E-state index in [1.165, 1.54) is 0 Å². The van der Waals surface area contributed by atoms with Gasteiger partial charge in [0.25, 0.3) is 0 Å². The Kier molecular flexibility index (Phi) is 4.32. The lowest BCUT2D eigenvalue weighted by molar-refractivity contribution is -0.139. The van der Waals surface area contributed by atoms with Crippen molar-refractivity contribution in [2.75, 3.05) is 26.8 Å². The molecule has 82 valence electrons. The predicted octanol–water partition coefficient (Wildman–Crippen LogP) is 1.39. The van der Waals surface area contributed by atoms with Crippen molar-refractivity contribution in [3.63, 3.8) is 0 Å². The van der Waals surface area contributed by atoms with Gasteiger partial charge in [-0.25, -0.2) is 0 Å². The van der Waals surface area contributed by atoms with Gasteiger partial charge in [-0.1, -0.05) is 0 Å². The third-order valence-electron chi connectivity index (χ3n) is 2.96. The van der Waals surface area contributed by atoms with Crippen LogP contribution in [0.4, 0.5) is 4.39 Å². The highest BCUT2D eigenvalue weighted by atomic mass is 19.1. The summed E-state index contributed by atoms with van der Waals surface area (Å²) >= 11 is 0. The Morgan fingerprint density at radius 3 is 2.93 bits per heavy atom. The fourth-order valence-corrected chi connectivity index (χ4v) is 2.16. The minimum Gasteiger partial charge on any atom is -0.481 e. The van der Waals surface area contributed by atoms with Crippen LogP contribution in [0.5, 0.6) is 0 Å². The van der Waals surface area contributed by atoms with Crippen molar-refractivity contribution in [3.05, 3.63) is 0 Å². The fraction of sp³-hybridized carbons (Fsp3) is 0.900. The zero-order valence-electron chi connectivity index (χ0n) is 8.58. The van der Waals surface area contributed by atoms with Gasteiger partial charge in [0.05, 0.1) is 13.1 Å². The summed E-state index contributed by atoms with van der Waals surface area (Å²) in [5, 5.41) is 8.63. The zero-order valence-corrected chi connectivity index (χ0v) is 8.58. The third-order valence-corrected chi connectivity index (χ3v) is 2.96. The van der Waals surface area contributed by atoms with Crippen LogP contribution in [0.3, 0.4) is 0 Å². The predicted molar refractivity (Wildman–Crippen MR) is 51.9 cm³/mol. The number of halogens is 1. The quantitative estimate of drug-likeness (QED) is 0.750. The maximum Gasteiger partial charge on any atom is 0.303 e. The molecule has 2 atom stereocenters. The molecule has 1 heterocycles. The highest BCUT2D eigenvalue weighted by molar-refractivity contribution is 5.67. The molecule has 1 fully saturated rings. The summed E-state index contributed by atoms with van der Waals surface area (Å²) in [6.45, 7) is 1.37. The van der Waals surface area contributed by atoms with Gasteiger partial charge >= 0.3 is 5.97 Å². The monoisotopic (exact) mass is 203 g/mol. The van der Waals surface area contributed by atoms with Gasteiger partial charge in [0.2, 0.25) is 0 Å². The summed E-state index contributed by atoms with van der Waals surface area (Å²) < 4.78 is 12.6. The van der Waals surface area contributed by atoms with Gasteiger partial charge in [-0.05, 0) is 32.4 Å². The normalized spacial score (nSPS) is 26.0. The Balaban J connectivity index is 2.46. The number of piperidine rings is 1. The van der Waals surface area contributed by atoms with E-state index < -0.39 is 12.6 Å². The van der Waals surface area contributed by atoms with Crippen molar-refractivity contribution in [3.8, 4) is 0 Å². The van der Waals surface area contributed by atoms with Crippen molar-refractivity contribution in [2.24, 2.45) is 11.8 Å². The van der Waals surface area contributed by atoms with Crippen LogP contribution in [0.2, 0.25) is 0 Å². The Labute approximate surface area is 83.9 Å². The maximum absolute atomic E-state index is 12.6. The summed E-state index contributed by atoms with van der Waals surface area (Å²) in [5.41, 5.74) is 0. The summed E-state index contributed by atoms with van der Waals surface area (Å²) in [6.07, 6.45) is 1.98. The lowest BCUT2D eigenvalue weighted by atomic mass is 9.84. The second-order valence-corrected chi connectivity index (χ2v) is 4.18. The molecule has 14 heavy (non-hydrogen) atoms. The number of hydrogen-bond donors (Lipinski definition) is 1. The van der Waals surface area contributed by atoms with Crippen LogP contribution in [-0.2, 0) is 4.79 Å². The van der Waals surface area contributed by atoms with Gasteiger partial charge in [0.15, 0.2) is 0 Å². The Hall–Kier alpha value is -0.640. The molecule has 0 aromatic carbocycles. The molecule has 4 heteroatoms. The first kappa shape index (κ1) is 11.4. The van der Waals surface area contributed by atoms with Gasteiger partial charge in [0.1, 0.15) is 0 Å². The Bertz CT molecular complexity index is 199. The topological polar surface area (TPSA) is 40.5 Å². The molecular formula is C10H18FNO2. The van der Waals surface area contributed by atoms with Gasteiger partial charge in [0, 0.05) is 12.5 Å². The van der Waals surface area contributed by atoms with Crippen LogP contribution in [0.1, 0.15) is 19.3 Å². The average Bonchev–Trinajstić information content (AvgIpc) is 2.14. The molecule has 0 aromatic heterocycles. The lowest BCUT2D eigenvalue weighted by Gasteiger charge is -2.33. The number of carbonyl (C=O) groups is 1. The number of carboxylic acid groups (broad SMARTS) is 1. The maximum atomic E-state index is 12.6. The van der Waals surface area contributed by atoms with Gasteiger partial charge in [-0.2, -0.15) is 0 Å². The van der Waals surface area contributed by atoms with E-state index >= 15 is 0 Å². The number of hydrogen-bond acceptors (Lipinski definition) is 2. The fourth-order valence-electron chi connectivity index (χ4n) is 2.16. The molecular weight excluding hydrogens is 185 g/mol. The van der Waals surface area contributed by atoms with E-state index in [9.17, 15) is 9.18 Å². The van der Waals surface area contributed by atoms with Crippen LogP contribution >= 0.6 is 0 Å². The number of likely N-dealkylation sites (tertiary alicyclic amines) is 1. The summed E-state index contributed by atoms with van der Waals surface area (Å²) in [7, 11) is 2.00. The molecule has 3 nitrogen and oxygen atoms in total. The molecule has 0 aliphatic carbocycles. The average molecular weight is 203 g/mol. The molecule has 1 rings (SSSR count). The van der Waals surface area contributed by atoms with Gasteiger partial charge in [-0.15, -0.1) is 0 Å². The molecule has 1 saturated heterocycles. The van der Waals surface area contributed by atoms with Crippen LogP contribution < -0.4 is 0 Å². The number of aliphatic carboxylic acids is 1. The van der Waals surface area contributed by atoms with Crippen molar-refractivity contribution < 1.29 is 14.3 Å². The van der Waals surface area contributed by atoms with E-state index in [1.807, 2.05) is 7.05 Å². The standard InChI is InChI=1S/C10H18FNO2/c1-12-4-2-3-8(7-12)9(6-11)5-10(13)14/h8-9H,2-7H2,1H3,(H,13,14). The molecule has 0 amide bonds. The number of alkyl halides is 1. The molecule has 2 unspecified atom stereocenters. The lowest BCUT2D eigenvalue weighted by Crippen LogP contribution is -2.37. The first-order chi connectivity index (χ1) is 6.63. The molecule has 0 bridgehead atoms. The van der Waals surface area contributed by atoms with Crippen LogP contribution in [0.15, 0.2) is 0 Å². The highest BCUT2D eigenvalue weighted by Gasteiger charge is 2.27. The molecule has 0 spiro atoms. The summed E-state index contributed by atoms with van der Waals surface area (Å²) in [5.74, 6) is -0.967. The minimum atomic E-state index is -0.888. The second-order valence-electron chi connectivity index (χ2n) is 4.18. The molecule has 1 aliphatic heterocycles. The minimum absolute atomic E-state index is 0.0327. The number of carboxylic acids is 1. The first-order valence-electron chi connectivity index (χ1n) is 5.09. The summed E-state index contributed by atoms with van der Waals surface area (Å²) in [4.78, 5) is 12.7. The zero-order chi connectivity index (χ0) is 10.6. The van der Waals surface area contributed by atoms with E-state index in [2.05, 4.69) is 4.90 Å². The van der Waals surface area contributed by atoms with Gasteiger partial charge in [-0.3, -0.25) is 9.18 Å². The Morgan fingerprint density at radius 1 is 1.71 bits per heavy atom. The molecule has 1 N–H and O–H groups in total. The van der Waals surface area contributed by atoms with Crippen LogP contribution in [0, 0.1) is 11.8 Å². The molecule has 0 radical (unpaired) electrons. The Morgan fingerprint density at radius 2 is 2.43 bits per heavy atom. The van der Waals surface area contributed by atoms with E-state index in [4.69, 9.17) is 5.11 Å². The van der Waals surface area contributed by atoms with Crippen LogP contribution in [-0.4, -0.2) is 42.8 Å². The molecule has 1 aliphatic rings. The van der Waals surface area contributed by atoms with Crippen molar-refractivity contribution in [1.29, 1.82) is 0 Å².